The van der Waals surface area contributed by atoms with Crippen LogP contribution in [0.3, 0.4) is 0 Å². The monoisotopic (exact) mass is 273 g/mol. The maximum absolute atomic E-state index is 10.2. The normalized spacial score (nSPS) is 12.1. The van der Waals surface area contributed by atoms with E-state index in [0.717, 1.165) is 0 Å². The van der Waals surface area contributed by atoms with E-state index in [9.17, 15) is 9.90 Å². The largest absolute Gasteiger partial charge is 0.491 e. The second-order valence-electron chi connectivity index (χ2n) is 3.77. The topological polar surface area (TPSA) is 78.8 Å². The lowest BCUT2D eigenvalue weighted by Gasteiger charge is -2.12. The Balaban J connectivity index is 2.14. The van der Waals surface area contributed by atoms with Crippen LogP contribution in [0.4, 0.5) is 0 Å². The van der Waals surface area contributed by atoms with Gasteiger partial charge in [0.1, 0.15) is 18.5 Å². The van der Waals surface area contributed by atoms with Crippen molar-refractivity contribution in [2.75, 3.05) is 19.7 Å². The maximum atomic E-state index is 10.2. The van der Waals surface area contributed by atoms with E-state index < -0.39 is 12.1 Å². The van der Waals surface area contributed by atoms with Crippen LogP contribution in [0.25, 0.3) is 0 Å². The van der Waals surface area contributed by atoms with Crippen LogP contribution in [0, 0.1) is 0 Å². The molecule has 0 amide bonds. The summed E-state index contributed by atoms with van der Waals surface area (Å²) in [4.78, 5) is 10.2. The Hall–Kier alpha value is -1.30. The molecule has 0 saturated heterocycles. The molecule has 18 heavy (non-hydrogen) atoms. The second-order valence-corrected chi connectivity index (χ2v) is 4.20. The number of carboxylic acids is 1. The molecule has 100 valence electrons. The molecule has 1 aromatic carbocycles. The van der Waals surface area contributed by atoms with Gasteiger partial charge in [0.05, 0.1) is 6.42 Å². The molecule has 0 spiro atoms. The van der Waals surface area contributed by atoms with Gasteiger partial charge in [-0.15, -0.1) is 0 Å². The van der Waals surface area contributed by atoms with Gasteiger partial charge >= 0.3 is 5.97 Å². The first-order chi connectivity index (χ1) is 8.58. The lowest BCUT2D eigenvalue weighted by atomic mass is 10.3. The van der Waals surface area contributed by atoms with Gasteiger partial charge in [0.2, 0.25) is 0 Å². The van der Waals surface area contributed by atoms with Crippen LogP contribution in [0.2, 0.25) is 5.02 Å². The average Bonchev–Trinajstić information content (AvgIpc) is 2.34. The number of carboxylic acid groups (broad SMARTS) is 1. The molecule has 0 aromatic heterocycles. The molecule has 1 aromatic rings. The number of hydrogen-bond donors (Lipinski definition) is 3. The zero-order valence-corrected chi connectivity index (χ0v) is 10.6. The van der Waals surface area contributed by atoms with Crippen molar-refractivity contribution in [2.24, 2.45) is 0 Å². The van der Waals surface area contributed by atoms with Crippen molar-refractivity contribution in [3.63, 3.8) is 0 Å². The van der Waals surface area contributed by atoms with Crippen LogP contribution in [0.15, 0.2) is 24.3 Å². The molecule has 0 aliphatic carbocycles. The first-order valence-corrected chi connectivity index (χ1v) is 5.94. The van der Waals surface area contributed by atoms with E-state index in [1.807, 2.05) is 0 Å². The Labute approximate surface area is 110 Å². The number of aliphatic hydroxyl groups excluding tert-OH is 1. The minimum atomic E-state index is -0.866. The summed E-state index contributed by atoms with van der Waals surface area (Å²) in [6, 6.07) is 6.84. The van der Waals surface area contributed by atoms with Gasteiger partial charge in [-0.1, -0.05) is 11.6 Å². The summed E-state index contributed by atoms with van der Waals surface area (Å²) in [5.74, 6) is -0.238. The van der Waals surface area contributed by atoms with Crippen molar-refractivity contribution >= 4 is 17.6 Å². The number of aliphatic hydroxyl groups is 1. The lowest BCUT2D eigenvalue weighted by Crippen LogP contribution is -2.32. The fourth-order valence-corrected chi connectivity index (χ4v) is 1.37. The fourth-order valence-electron chi connectivity index (χ4n) is 1.25. The smallest absolute Gasteiger partial charge is 0.304 e. The summed E-state index contributed by atoms with van der Waals surface area (Å²) in [6.07, 6.45) is -0.653. The second kappa shape index (κ2) is 7.92. The van der Waals surface area contributed by atoms with E-state index in [1.54, 1.807) is 24.3 Å². The summed E-state index contributed by atoms with van der Waals surface area (Å²) < 4.78 is 5.34. The van der Waals surface area contributed by atoms with E-state index >= 15 is 0 Å². The SMILES string of the molecule is O=C(O)CCNCC(O)COc1ccc(Cl)cc1. The minimum Gasteiger partial charge on any atom is -0.491 e. The van der Waals surface area contributed by atoms with E-state index in [4.69, 9.17) is 21.4 Å². The molecule has 0 aliphatic rings. The third-order valence-electron chi connectivity index (χ3n) is 2.15. The molecule has 0 saturated carbocycles. The molecule has 6 heteroatoms. The molecule has 0 fully saturated rings. The number of halogens is 1. The van der Waals surface area contributed by atoms with Crippen molar-refractivity contribution in [3.8, 4) is 5.75 Å². The molecule has 1 rings (SSSR count). The Bertz CT molecular complexity index is 369. The number of ether oxygens (including phenoxy) is 1. The molecule has 3 N–H and O–H groups in total. The molecule has 0 bridgehead atoms. The van der Waals surface area contributed by atoms with Gasteiger partial charge < -0.3 is 20.3 Å². The summed E-state index contributed by atoms with van der Waals surface area (Å²) >= 11 is 5.72. The Kier molecular flexibility index (Phi) is 6.49. The third kappa shape index (κ3) is 6.44. The van der Waals surface area contributed by atoms with Crippen LogP contribution in [-0.4, -0.2) is 42.0 Å². The van der Waals surface area contributed by atoms with E-state index in [-0.39, 0.29) is 13.0 Å². The van der Waals surface area contributed by atoms with Gasteiger partial charge in [-0.2, -0.15) is 0 Å². The van der Waals surface area contributed by atoms with Crippen molar-refractivity contribution in [3.05, 3.63) is 29.3 Å². The first kappa shape index (κ1) is 14.8. The first-order valence-electron chi connectivity index (χ1n) is 5.57. The highest BCUT2D eigenvalue weighted by molar-refractivity contribution is 6.30. The molecule has 0 aliphatic heterocycles. The fraction of sp³-hybridized carbons (Fsp3) is 0.417. The summed E-state index contributed by atoms with van der Waals surface area (Å²) in [5.41, 5.74) is 0. The van der Waals surface area contributed by atoms with Crippen molar-refractivity contribution < 1.29 is 19.7 Å². The Morgan fingerprint density at radius 1 is 1.39 bits per heavy atom. The quantitative estimate of drug-likeness (QED) is 0.619. The Morgan fingerprint density at radius 2 is 2.06 bits per heavy atom. The molecule has 0 heterocycles. The van der Waals surface area contributed by atoms with Crippen molar-refractivity contribution in [1.29, 1.82) is 0 Å². The standard InChI is InChI=1S/C12H16ClNO4/c13-9-1-3-11(4-2-9)18-8-10(15)7-14-6-5-12(16)17/h1-4,10,14-15H,5-8H2,(H,16,17). The number of carbonyl (C=O) groups is 1. The van der Waals surface area contributed by atoms with E-state index in [2.05, 4.69) is 5.32 Å². The van der Waals surface area contributed by atoms with E-state index in [0.29, 0.717) is 23.9 Å². The van der Waals surface area contributed by atoms with E-state index in [1.165, 1.54) is 0 Å². The lowest BCUT2D eigenvalue weighted by molar-refractivity contribution is -0.136. The molecule has 0 radical (unpaired) electrons. The van der Waals surface area contributed by atoms with Crippen molar-refractivity contribution in [2.45, 2.75) is 12.5 Å². The maximum Gasteiger partial charge on any atom is 0.304 e. The average molecular weight is 274 g/mol. The molecule has 1 atom stereocenters. The molecular formula is C12H16ClNO4. The number of aliphatic carboxylic acids is 1. The molecule has 1 unspecified atom stereocenters. The zero-order chi connectivity index (χ0) is 13.4. The zero-order valence-electron chi connectivity index (χ0n) is 9.80. The Morgan fingerprint density at radius 3 is 2.67 bits per heavy atom. The predicted octanol–water partition coefficient (Wildman–Crippen LogP) is 1.14. The third-order valence-corrected chi connectivity index (χ3v) is 2.40. The van der Waals surface area contributed by atoms with Crippen LogP contribution in [0.5, 0.6) is 5.75 Å². The van der Waals surface area contributed by atoms with Crippen molar-refractivity contribution in [1.82, 2.24) is 5.32 Å². The summed E-state index contributed by atoms with van der Waals surface area (Å²) in [6.45, 7) is 0.760. The number of nitrogens with one attached hydrogen (secondary N) is 1. The summed E-state index contributed by atoms with van der Waals surface area (Å²) in [5, 5.41) is 21.4. The number of benzene rings is 1. The van der Waals surface area contributed by atoms with Gasteiger partial charge in [-0.05, 0) is 24.3 Å². The van der Waals surface area contributed by atoms with Crippen LogP contribution >= 0.6 is 11.6 Å². The highest BCUT2D eigenvalue weighted by atomic mass is 35.5. The van der Waals surface area contributed by atoms with Gasteiger partial charge in [-0.25, -0.2) is 0 Å². The summed E-state index contributed by atoms with van der Waals surface area (Å²) in [7, 11) is 0. The van der Waals surface area contributed by atoms with Gasteiger partial charge in [-0.3, -0.25) is 4.79 Å². The van der Waals surface area contributed by atoms with Crippen LogP contribution in [-0.2, 0) is 4.79 Å². The number of rotatable bonds is 8. The van der Waals surface area contributed by atoms with Gasteiger partial charge in [0.25, 0.3) is 0 Å². The van der Waals surface area contributed by atoms with Gasteiger partial charge in [0, 0.05) is 18.1 Å². The number of hydrogen-bond acceptors (Lipinski definition) is 4. The van der Waals surface area contributed by atoms with Crippen LogP contribution in [0.1, 0.15) is 6.42 Å². The molecule has 5 nitrogen and oxygen atoms in total. The highest BCUT2D eigenvalue weighted by Gasteiger charge is 2.05. The minimum absolute atomic E-state index is 0.0325. The predicted molar refractivity (Wildman–Crippen MR) is 68.1 cm³/mol. The van der Waals surface area contributed by atoms with Gasteiger partial charge in [0.15, 0.2) is 0 Å². The molecular weight excluding hydrogens is 258 g/mol. The van der Waals surface area contributed by atoms with Crippen LogP contribution < -0.4 is 10.1 Å². The highest BCUT2D eigenvalue weighted by Crippen LogP contribution is 2.15.